The van der Waals surface area contributed by atoms with E-state index in [4.69, 9.17) is 0 Å². The monoisotopic (exact) mass is 212 g/mol. The van der Waals surface area contributed by atoms with Gasteiger partial charge in [-0.05, 0) is 19.3 Å². The summed E-state index contributed by atoms with van der Waals surface area (Å²) in [5, 5.41) is 2.81. The number of carbonyl (C=O) groups is 2. The van der Waals surface area contributed by atoms with Crippen LogP contribution in [0.25, 0.3) is 0 Å². The molecule has 4 heteroatoms. The fourth-order valence-electron chi connectivity index (χ4n) is 1.67. The second-order valence-corrected chi connectivity index (χ2v) is 4.47. The van der Waals surface area contributed by atoms with E-state index in [9.17, 15) is 9.59 Å². The maximum atomic E-state index is 11.8. The van der Waals surface area contributed by atoms with Crippen LogP contribution in [-0.4, -0.2) is 36.3 Å². The Morgan fingerprint density at radius 3 is 2.73 bits per heavy atom. The van der Waals surface area contributed by atoms with Gasteiger partial charge in [0.15, 0.2) is 0 Å². The molecular formula is C11H20N2O2. The van der Waals surface area contributed by atoms with Gasteiger partial charge in [0.1, 0.15) is 6.04 Å². The predicted octanol–water partition coefficient (Wildman–Crippen LogP) is 0.769. The summed E-state index contributed by atoms with van der Waals surface area (Å²) in [4.78, 5) is 25.0. The van der Waals surface area contributed by atoms with Gasteiger partial charge in [-0.3, -0.25) is 9.59 Å². The fourth-order valence-corrected chi connectivity index (χ4v) is 1.67. The highest BCUT2D eigenvalue weighted by Crippen LogP contribution is 2.11. The van der Waals surface area contributed by atoms with E-state index in [0.717, 1.165) is 25.8 Å². The molecule has 0 unspecified atom stereocenters. The SMILES string of the molecule is CC(C)C(=O)N[C@H]1CCCCN(C)C1=O. The molecule has 4 nitrogen and oxygen atoms in total. The number of nitrogens with zero attached hydrogens (tertiary/aromatic N) is 1. The van der Waals surface area contributed by atoms with Crippen molar-refractivity contribution in [1.29, 1.82) is 0 Å². The topological polar surface area (TPSA) is 49.4 Å². The molecule has 0 bridgehead atoms. The maximum absolute atomic E-state index is 11.8. The second-order valence-electron chi connectivity index (χ2n) is 4.47. The van der Waals surface area contributed by atoms with Crippen molar-refractivity contribution < 1.29 is 9.59 Å². The highest BCUT2D eigenvalue weighted by molar-refractivity contribution is 5.88. The van der Waals surface area contributed by atoms with Gasteiger partial charge in [-0.2, -0.15) is 0 Å². The lowest BCUT2D eigenvalue weighted by Crippen LogP contribution is -2.47. The van der Waals surface area contributed by atoms with E-state index < -0.39 is 0 Å². The van der Waals surface area contributed by atoms with E-state index >= 15 is 0 Å². The van der Waals surface area contributed by atoms with E-state index in [1.165, 1.54) is 0 Å². The Labute approximate surface area is 91.0 Å². The minimum atomic E-state index is -0.313. The van der Waals surface area contributed by atoms with Crippen molar-refractivity contribution in [2.45, 2.75) is 39.2 Å². The third-order valence-corrected chi connectivity index (χ3v) is 2.75. The Kier molecular flexibility index (Phi) is 4.12. The number of rotatable bonds is 2. The Hall–Kier alpha value is -1.06. The van der Waals surface area contributed by atoms with Gasteiger partial charge in [-0.1, -0.05) is 13.8 Å². The molecule has 2 amide bonds. The first kappa shape index (κ1) is 12.0. The van der Waals surface area contributed by atoms with Crippen LogP contribution in [0.3, 0.4) is 0 Å². The first-order valence-corrected chi connectivity index (χ1v) is 5.57. The molecule has 0 aliphatic carbocycles. The molecule has 1 aliphatic heterocycles. The predicted molar refractivity (Wildman–Crippen MR) is 58.3 cm³/mol. The largest absolute Gasteiger partial charge is 0.344 e. The van der Waals surface area contributed by atoms with Crippen molar-refractivity contribution in [3.8, 4) is 0 Å². The summed E-state index contributed by atoms with van der Waals surface area (Å²) >= 11 is 0. The fraction of sp³-hybridized carbons (Fsp3) is 0.818. The van der Waals surface area contributed by atoms with Gasteiger partial charge >= 0.3 is 0 Å². The summed E-state index contributed by atoms with van der Waals surface area (Å²) in [6.45, 7) is 4.47. The molecule has 0 aromatic heterocycles. The third-order valence-electron chi connectivity index (χ3n) is 2.75. The average molecular weight is 212 g/mol. The zero-order valence-corrected chi connectivity index (χ0v) is 9.75. The van der Waals surface area contributed by atoms with Crippen LogP contribution in [0, 0.1) is 5.92 Å². The molecule has 0 radical (unpaired) electrons. The lowest BCUT2D eigenvalue weighted by atomic mass is 10.1. The lowest BCUT2D eigenvalue weighted by molar-refractivity contribution is -0.135. The quantitative estimate of drug-likeness (QED) is 0.735. The molecule has 0 saturated carbocycles. The molecule has 1 N–H and O–H groups in total. The van der Waals surface area contributed by atoms with Crippen LogP contribution in [0.4, 0.5) is 0 Å². The van der Waals surface area contributed by atoms with Gasteiger partial charge in [-0.25, -0.2) is 0 Å². The Morgan fingerprint density at radius 2 is 2.13 bits per heavy atom. The van der Waals surface area contributed by atoms with Crippen LogP contribution in [-0.2, 0) is 9.59 Å². The van der Waals surface area contributed by atoms with Gasteiger partial charge < -0.3 is 10.2 Å². The van der Waals surface area contributed by atoms with Crippen LogP contribution in [0.2, 0.25) is 0 Å². The zero-order valence-electron chi connectivity index (χ0n) is 9.75. The smallest absolute Gasteiger partial charge is 0.244 e. The van der Waals surface area contributed by atoms with Crippen LogP contribution in [0.15, 0.2) is 0 Å². The van der Waals surface area contributed by atoms with Crippen LogP contribution >= 0.6 is 0 Å². The van der Waals surface area contributed by atoms with Gasteiger partial charge in [0.05, 0.1) is 0 Å². The summed E-state index contributed by atoms with van der Waals surface area (Å²) in [5.41, 5.74) is 0. The highest BCUT2D eigenvalue weighted by Gasteiger charge is 2.26. The Morgan fingerprint density at radius 1 is 1.47 bits per heavy atom. The molecule has 1 rings (SSSR count). The molecular weight excluding hydrogens is 192 g/mol. The normalized spacial score (nSPS) is 22.8. The molecule has 0 aromatic rings. The summed E-state index contributed by atoms with van der Waals surface area (Å²) in [6, 6.07) is -0.313. The summed E-state index contributed by atoms with van der Waals surface area (Å²) in [6.07, 6.45) is 2.79. The molecule has 0 aromatic carbocycles. The van der Waals surface area contributed by atoms with Crippen LogP contribution < -0.4 is 5.32 Å². The van der Waals surface area contributed by atoms with Crippen molar-refractivity contribution >= 4 is 11.8 Å². The molecule has 15 heavy (non-hydrogen) atoms. The van der Waals surface area contributed by atoms with E-state index in [2.05, 4.69) is 5.32 Å². The van der Waals surface area contributed by atoms with E-state index in [-0.39, 0.29) is 23.8 Å². The van der Waals surface area contributed by atoms with Crippen LogP contribution in [0.1, 0.15) is 33.1 Å². The number of carbonyl (C=O) groups excluding carboxylic acids is 2. The molecule has 86 valence electrons. The van der Waals surface area contributed by atoms with Gasteiger partial charge in [0.2, 0.25) is 11.8 Å². The minimum absolute atomic E-state index is 0.0383. The molecule has 1 heterocycles. The first-order valence-electron chi connectivity index (χ1n) is 5.57. The van der Waals surface area contributed by atoms with Crippen molar-refractivity contribution in [3.05, 3.63) is 0 Å². The number of hydrogen-bond acceptors (Lipinski definition) is 2. The molecule has 0 spiro atoms. The second kappa shape index (κ2) is 5.14. The van der Waals surface area contributed by atoms with Crippen molar-refractivity contribution in [3.63, 3.8) is 0 Å². The van der Waals surface area contributed by atoms with Gasteiger partial charge in [-0.15, -0.1) is 0 Å². The van der Waals surface area contributed by atoms with Crippen LogP contribution in [0.5, 0.6) is 0 Å². The van der Waals surface area contributed by atoms with Crippen molar-refractivity contribution in [1.82, 2.24) is 10.2 Å². The molecule has 1 saturated heterocycles. The number of hydrogen-bond donors (Lipinski definition) is 1. The minimum Gasteiger partial charge on any atom is -0.344 e. The van der Waals surface area contributed by atoms with Gasteiger partial charge in [0, 0.05) is 19.5 Å². The summed E-state index contributed by atoms with van der Waals surface area (Å²) in [7, 11) is 1.79. The Balaban J connectivity index is 2.58. The van der Waals surface area contributed by atoms with Crippen molar-refractivity contribution in [2.75, 3.05) is 13.6 Å². The van der Waals surface area contributed by atoms with E-state index in [1.54, 1.807) is 11.9 Å². The van der Waals surface area contributed by atoms with Gasteiger partial charge in [0.25, 0.3) is 0 Å². The number of likely N-dealkylation sites (tertiary alicyclic amines) is 1. The maximum Gasteiger partial charge on any atom is 0.244 e. The zero-order chi connectivity index (χ0) is 11.4. The highest BCUT2D eigenvalue weighted by atomic mass is 16.2. The summed E-state index contributed by atoms with van der Waals surface area (Å²) < 4.78 is 0. The lowest BCUT2D eigenvalue weighted by Gasteiger charge is -2.21. The van der Waals surface area contributed by atoms with Crippen molar-refractivity contribution in [2.24, 2.45) is 5.92 Å². The number of amides is 2. The number of nitrogens with one attached hydrogen (secondary N) is 1. The third kappa shape index (κ3) is 3.22. The number of likely N-dealkylation sites (N-methyl/N-ethyl adjacent to an activating group) is 1. The standard InChI is InChI=1S/C11H20N2O2/c1-8(2)10(14)12-9-6-4-5-7-13(3)11(9)15/h8-9H,4-7H2,1-3H3,(H,12,14)/t9-/m0/s1. The molecule has 1 atom stereocenters. The van der Waals surface area contributed by atoms with E-state index in [1.807, 2.05) is 13.8 Å². The Bertz CT molecular complexity index is 251. The molecule has 1 aliphatic rings. The molecule has 1 fully saturated rings. The first-order chi connectivity index (χ1) is 7.02. The van der Waals surface area contributed by atoms with E-state index in [0.29, 0.717) is 0 Å². The average Bonchev–Trinajstić information content (AvgIpc) is 2.33. The summed E-state index contributed by atoms with van der Waals surface area (Å²) in [5.74, 6) is -0.0588.